The summed E-state index contributed by atoms with van der Waals surface area (Å²) in [5, 5.41) is 5.78. The summed E-state index contributed by atoms with van der Waals surface area (Å²) in [7, 11) is 0. The number of halogens is 8. The number of carbonyl (C=O) groups excluding carboxylic acids is 2. The number of anilines is 2. The summed E-state index contributed by atoms with van der Waals surface area (Å²) < 4.78 is 25.9. The largest absolute Gasteiger partial charge is 0.326 e. The minimum atomic E-state index is -1.39. The summed E-state index contributed by atoms with van der Waals surface area (Å²) in [6, 6.07) is 11.0. The number of rotatable bonds is 5. The summed E-state index contributed by atoms with van der Waals surface area (Å²) in [4.78, 5) is 25.7. The van der Waals surface area contributed by atoms with E-state index in [4.69, 9.17) is 58.0 Å². The molecule has 182 valence electrons. The van der Waals surface area contributed by atoms with E-state index in [1.807, 2.05) is 0 Å². The van der Waals surface area contributed by atoms with Crippen LogP contribution in [0.4, 0.5) is 20.2 Å². The van der Waals surface area contributed by atoms with Crippen molar-refractivity contribution < 1.29 is 18.4 Å². The van der Waals surface area contributed by atoms with Crippen LogP contribution < -0.4 is 10.6 Å². The van der Waals surface area contributed by atoms with Crippen molar-refractivity contribution >= 4 is 97.1 Å². The molecule has 0 saturated heterocycles. The lowest BCUT2D eigenvalue weighted by atomic mass is 10.1. The summed E-state index contributed by atoms with van der Waals surface area (Å²) >= 11 is 33.8. The van der Waals surface area contributed by atoms with Crippen molar-refractivity contribution in [1.29, 1.82) is 0 Å². The third-order valence-corrected chi connectivity index (χ3v) is 7.78. The Morgan fingerprint density at radius 1 is 0.914 bits per heavy atom. The standard InChI is InChI=1S/C23H12BrCl5F2N2O2/c24-19-15(30)3-4-16(20(19)31)33-21(34)13-8-12(1-2-14(13)27)32-22(35)18-17(23(18,28)29)9-5-10(25)7-11(26)6-9/h1-8,17-18H,(H,32,35)(H,33,34)/t17-,18+/m0/s1. The van der Waals surface area contributed by atoms with Crippen molar-refractivity contribution in [3.8, 4) is 0 Å². The van der Waals surface area contributed by atoms with Gasteiger partial charge in [-0.25, -0.2) is 8.78 Å². The van der Waals surface area contributed by atoms with Crippen molar-refractivity contribution in [3.05, 3.63) is 90.8 Å². The molecule has 0 aromatic heterocycles. The topological polar surface area (TPSA) is 58.2 Å². The molecule has 0 spiro atoms. The van der Waals surface area contributed by atoms with Crippen molar-refractivity contribution in [3.63, 3.8) is 0 Å². The smallest absolute Gasteiger partial charge is 0.257 e. The number of carbonyl (C=O) groups is 2. The minimum absolute atomic E-state index is 0.0454. The quantitative estimate of drug-likeness (QED) is 0.217. The van der Waals surface area contributed by atoms with E-state index in [9.17, 15) is 18.4 Å². The van der Waals surface area contributed by atoms with E-state index in [0.29, 0.717) is 15.6 Å². The molecule has 4 nitrogen and oxygen atoms in total. The first-order chi connectivity index (χ1) is 16.4. The average Bonchev–Trinajstić information content (AvgIpc) is 3.36. The van der Waals surface area contributed by atoms with E-state index in [1.54, 1.807) is 18.2 Å². The van der Waals surface area contributed by atoms with E-state index >= 15 is 0 Å². The first-order valence-electron chi connectivity index (χ1n) is 9.79. The Kier molecular flexibility index (Phi) is 7.59. The van der Waals surface area contributed by atoms with Crippen LogP contribution in [0.1, 0.15) is 21.8 Å². The van der Waals surface area contributed by atoms with Crippen LogP contribution in [0.15, 0.2) is 53.0 Å². The molecule has 0 radical (unpaired) electrons. The number of hydrogen-bond donors (Lipinski definition) is 2. The predicted molar refractivity (Wildman–Crippen MR) is 139 cm³/mol. The van der Waals surface area contributed by atoms with Crippen molar-refractivity contribution in [2.24, 2.45) is 5.92 Å². The van der Waals surface area contributed by atoms with E-state index < -0.39 is 44.1 Å². The second-order valence-corrected chi connectivity index (χ2v) is 11.2. The lowest BCUT2D eigenvalue weighted by Crippen LogP contribution is -2.18. The maximum atomic E-state index is 14.3. The summed E-state index contributed by atoms with van der Waals surface area (Å²) in [5.74, 6) is -4.46. The molecule has 1 saturated carbocycles. The average molecular weight is 644 g/mol. The molecule has 2 atom stereocenters. The van der Waals surface area contributed by atoms with Gasteiger partial charge in [0.25, 0.3) is 5.91 Å². The Balaban J connectivity index is 1.52. The first kappa shape index (κ1) is 26.5. The van der Waals surface area contributed by atoms with Gasteiger partial charge < -0.3 is 10.6 Å². The number of nitrogens with one attached hydrogen (secondary N) is 2. The Bertz CT molecular complexity index is 1350. The Morgan fingerprint density at radius 2 is 1.57 bits per heavy atom. The van der Waals surface area contributed by atoms with Gasteiger partial charge in [0.2, 0.25) is 5.91 Å². The molecule has 1 aliphatic carbocycles. The van der Waals surface area contributed by atoms with Crippen LogP contribution in [0.5, 0.6) is 0 Å². The lowest BCUT2D eigenvalue weighted by molar-refractivity contribution is -0.117. The van der Waals surface area contributed by atoms with Crippen LogP contribution in [0.2, 0.25) is 15.1 Å². The van der Waals surface area contributed by atoms with Crippen LogP contribution in [-0.2, 0) is 4.79 Å². The molecule has 1 aliphatic rings. The number of hydrogen-bond acceptors (Lipinski definition) is 2. The fourth-order valence-corrected chi connectivity index (χ4v) is 5.55. The molecule has 3 aromatic rings. The highest BCUT2D eigenvalue weighted by atomic mass is 79.9. The maximum Gasteiger partial charge on any atom is 0.257 e. The Labute approximate surface area is 232 Å². The molecule has 35 heavy (non-hydrogen) atoms. The molecular formula is C23H12BrCl5F2N2O2. The van der Waals surface area contributed by atoms with Gasteiger partial charge in [0.15, 0.2) is 5.82 Å². The van der Waals surface area contributed by atoms with E-state index in [-0.39, 0.29) is 22.0 Å². The molecule has 0 heterocycles. The summed E-state index contributed by atoms with van der Waals surface area (Å²) in [5.41, 5.74) is 0.519. The Morgan fingerprint density at radius 3 is 2.23 bits per heavy atom. The zero-order valence-corrected chi connectivity index (χ0v) is 22.5. The third-order valence-electron chi connectivity index (χ3n) is 5.34. The van der Waals surface area contributed by atoms with Gasteiger partial charge in [-0.15, -0.1) is 23.2 Å². The van der Waals surface area contributed by atoms with Gasteiger partial charge in [-0.1, -0.05) is 34.8 Å². The highest BCUT2D eigenvalue weighted by Crippen LogP contribution is 2.65. The van der Waals surface area contributed by atoms with Gasteiger partial charge in [-0.3, -0.25) is 9.59 Å². The fourth-order valence-electron chi connectivity index (χ4n) is 3.63. The fraction of sp³-hybridized carbons (Fsp3) is 0.130. The second kappa shape index (κ2) is 10.0. The van der Waals surface area contributed by atoms with Crippen LogP contribution in [0.25, 0.3) is 0 Å². The molecule has 3 aromatic carbocycles. The van der Waals surface area contributed by atoms with E-state index in [0.717, 1.165) is 12.1 Å². The van der Waals surface area contributed by atoms with Gasteiger partial charge in [0.1, 0.15) is 10.2 Å². The molecule has 0 unspecified atom stereocenters. The Hall–Kier alpha value is -1.61. The summed E-state index contributed by atoms with van der Waals surface area (Å²) in [6.07, 6.45) is 0. The zero-order valence-electron chi connectivity index (χ0n) is 17.1. The van der Waals surface area contributed by atoms with Crippen molar-refractivity contribution in [1.82, 2.24) is 0 Å². The van der Waals surface area contributed by atoms with Gasteiger partial charge in [-0.05, 0) is 70.0 Å². The number of alkyl halides is 2. The van der Waals surface area contributed by atoms with Crippen LogP contribution in [0, 0.1) is 17.6 Å². The van der Waals surface area contributed by atoms with Crippen molar-refractivity contribution in [2.45, 2.75) is 10.3 Å². The predicted octanol–water partition coefficient (Wildman–Crippen LogP) is 8.47. The molecule has 1 fully saturated rings. The molecule has 12 heteroatoms. The summed E-state index contributed by atoms with van der Waals surface area (Å²) in [6.45, 7) is 0. The lowest BCUT2D eigenvalue weighted by Gasteiger charge is -2.11. The highest BCUT2D eigenvalue weighted by molar-refractivity contribution is 9.10. The van der Waals surface area contributed by atoms with E-state index in [1.165, 1.54) is 18.2 Å². The second-order valence-electron chi connectivity index (χ2n) is 7.69. The highest BCUT2D eigenvalue weighted by Gasteiger charge is 2.67. The SMILES string of the molecule is O=C(Nc1ccc(F)c(Br)c1F)c1cc(NC(=O)[C@H]2[C@H](c3cc(Cl)cc(Cl)c3)C2(Cl)Cl)ccc1Cl. The van der Waals surface area contributed by atoms with Crippen molar-refractivity contribution in [2.75, 3.05) is 10.6 Å². The molecule has 4 rings (SSSR count). The van der Waals surface area contributed by atoms with Gasteiger partial charge in [0, 0.05) is 21.7 Å². The molecule has 0 aliphatic heterocycles. The van der Waals surface area contributed by atoms with Crippen LogP contribution in [-0.4, -0.2) is 16.1 Å². The van der Waals surface area contributed by atoms with Crippen LogP contribution >= 0.6 is 73.9 Å². The van der Waals surface area contributed by atoms with E-state index in [2.05, 4.69) is 26.6 Å². The maximum absolute atomic E-state index is 14.3. The van der Waals surface area contributed by atoms with Gasteiger partial charge in [-0.2, -0.15) is 0 Å². The monoisotopic (exact) mass is 640 g/mol. The van der Waals surface area contributed by atoms with Gasteiger partial charge >= 0.3 is 0 Å². The van der Waals surface area contributed by atoms with Gasteiger partial charge in [0.05, 0.1) is 26.7 Å². The third kappa shape index (κ3) is 5.41. The number of benzene rings is 3. The normalized spacial score (nSPS) is 18.2. The molecule has 2 amide bonds. The van der Waals surface area contributed by atoms with Crippen LogP contribution in [0.3, 0.4) is 0 Å². The molecule has 0 bridgehead atoms. The minimum Gasteiger partial charge on any atom is -0.326 e. The molecular weight excluding hydrogens is 631 g/mol. The molecule has 2 N–H and O–H groups in total. The first-order valence-corrected chi connectivity index (χ1v) is 12.5. The zero-order chi connectivity index (χ0) is 25.7. The number of amides is 2.